The summed E-state index contributed by atoms with van der Waals surface area (Å²) in [4.78, 5) is 11.5. The van der Waals surface area contributed by atoms with Crippen molar-refractivity contribution in [3.05, 3.63) is 0 Å². The highest BCUT2D eigenvalue weighted by molar-refractivity contribution is 5.77. The molecule has 2 aliphatic carbocycles. The highest BCUT2D eigenvalue weighted by Crippen LogP contribution is 2.62. The molecule has 2 rings (SSSR count). The maximum absolute atomic E-state index is 11.5. The van der Waals surface area contributed by atoms with E-state index in [1.807, 2.05) is 6.92 Å². The second kappa shape index (κ2) is 4.27. The molecule has 3 heteroatoms. The van der Waals surface area contributed by atoms with Gasteiger partial charge in [-0.1, -0.05) is 20.8 Å². The summed E-state index contributed by atoms with van der Waals surface area (Å²) >= 11 is 0. The number of amides is 1. The number of hydrogen-bond donors (Lipinski definition) is 2. The summed E-state index contributed by atoms with van der Waals surface area (Å²) < 4.78 is 0. The number of carbonyl (C=O) groups excluding carboxylic acids is 1. The average molecular weight is 238 g/mol. The molecule has 0 spiro atoms. The predicted molar refractivity (Wildman–Crippen MR) is 69.7 cm³/mol. The first kappa shape index (κ1) is 12.9. The SMILES string of the molecule is CCNC(=O)CNC1C2(C)CCC(C2)C1(C)C. The molecule has 0 heterocycles. The molecule has 98 valence electrons. The Morgan fingerprint density at radius 1 is 1.35 bits per heavy atom. The van der Waals surface area contributed by atoms with E-state index < -0.39 is 0 Å². The third-order valence-corrected chi connectivity index (χ3v) is 5.11. The van der Waals surface area contributed by atoms with E-state index >= 15 is 0 Å². The fourth-order valence-electron chi connectivity index (χ4n) is 4.27. The van der Waals surface area contributed by atoms with Crippen molar-refractivity contribution in [1.29, 1.82) is 0 Å². The summed E-state index contributed by atoms with van der Waals surface area (Å²) in [5.74, 6) is 0.953. The van der Waals surface area contributed by atoms with Crippen LogP contribution in [-0.4, -0.2) is 25.0 Å². The third kappa shape index (κ3) is 2.10. The molecule has 2 saturated carbocycles. The molecule has 1 amide bonds. The van der Waals surface area contributed by atoms with E-state index in [9.17, 15) is 4.79 Å². The lowest BCUT2D eigenvalue weighted by Gasteiger charge is -2.43. The van der Waals surface area contributed by atoms with Crippen LogP contribution in [0.15, 0.2) is 0 Å². The van der Waals surface area contributed by atoms with Crippen LogP contribution >= 0.6 is 0 Å². The fourth-order valence-corrected chi connectivity index (χ4v) is 4.27. The van der Waals surface area contributed by atoms with Crippen LogP contribution in [0.5, 0.6) is 0 Å². The van der Waals surface area contributed by atoms with Gasteiger partial charge in [0, 0.05) is 12.6 Å². The van der Waals surface area contributed by atoms with Crippen LogP contribution in [0, 0.1) is 16.7 Å². The van der Waals surface area contributed by atoms with Gasteiger partial charge in [-0.25, -0.2) is 0 Å². The van der Waals surface area contributed by atoms with Crippen molar-refractivity contribution in [3.63, 3.8) is 0 Å². The van der Waals surface area contributed by atoms with Gasteiger partial charge in [0.05, 0.1) is 6.54 Å². The van der Waals surface area contributed by atoms with Crippen molar-refractivity contribution in [3.8, 4) is 0 Å². The first-order chi connectivity index (χ1) is 7.90. The largest absolute Gasteiger partial charge is 0.355 e. The van der Waals surface area contributed by atoms with Gasteiger partial charge in [0.1, 0.15) is 0 Å². The highest BCUT2D eigenvalue weighted by Gasteiger charge is 2.58. The Bertz CT molecular complexity index is 309. The summed E-state index contributed by atoms with van der Waals surface area (Å²) in [5.41, 5.74) is 0.736. The maximum atomic E-state index is 11.5. The second-order valence-corrected chi connectivity index (χ2v) is 6.68. The van der Waals surface area contributed by atoms with Crippen molar-refractivity contribution < 1.29 is 4.79 Å². The van der Waals surface area contributed by atoms with E-state index in [0.29, 0.717) is 30.0 Å². The molecule has 2 bridgehead atoms. The van der Waals surface area contributed by atoms with E-state index in [1.165, 1.54) is 19.3 Å². The minimum atomic E-state index is 0.120. The van der Waals surface area contributed by atoms with Crippen molar-refractivity contribution in [1.82, 2.24) is 10.6 Å². The summed E-state index contributed by atoms with van der Waals surface area (Å²) in [6.45, 7) is 10.2. The molecule has 0 saturated heterocycles. The zero-order chi connectivity index (χ0) is 12.7. The van der Waals surface area contributed by atoms with E-state index in [-0.39, 0.29) is 5.91 Å². The lowest BCUT2D eigenvalue weighted by molar-refractivity contribution is -0.120. The Labute approximate surface area is 105 Å². The first-order valence-corrected chi connectivity index (χ1v) is 6.90. The van der Waals surface area contributed by atoms with Crippen molar-refractivity contribution in [2.75, 3.05) is 13.1 Å². The molecule has 0 aliphatic heterocycles. The Hall–Kier alpha value is -0.570. The molecule has 0 aromatic heterocycles. The molecule has 2 N–H and O–H groups in total. The molecule has 2 fully saturated rings. The Morgan fingerprint density at radius 3 is 2.59 bits per heavy atom. The van der Waals surface area contributed by atoms with Crippen molar-refractivity contribution in [2.24, 2.45) is 16.7 Å². The fraction of sp³-hybridized carbons (Fsp3) is 0.929. The van der Waals surface area contributed by atoms with Crippen molar-refractivity contribution >= 4 is 5.91 Å². The van der Waals surface area contributed by atoms with Crippen LogP contribution in [0.25, 0.3) is 0 Å². The van der Waals surface area contributed by atoms with Gasteiger partial charge in [0.15, 0.2) is 0 Å². The van der Waals surface area contributed by atoms with Crippen molar-refractivity contribution in [2.45, 2.75) is 53.0 Å². The van der Waals surface area contributed by atoms with Crippen LogP contribution < -0.4 is 10.6 Å². The molecule has 0 aromatic carbocycles. The lowest BCUT2D eigenvalue weighted by atomic mass is 9.68. The van der Waals surface area contributed by atoms with Crippen LogP contribution in [0.1, 0.15) is 47.0 Å². The maximum Gasteiger partial charge on any atom is 0.233 e. The molecule has 3 atom stereocenters. The van der Waals surface area contributed by atoms with Gasteiger partial charge in [-0.2, -0.15) is 0 Å². The third-order valence-electron chi connectivity index (χ3n) is 5.11. The summed E-state index contributed by atoms with van der Waals surface area (Å²) in [7, 11) is 0. The quantitative estimate of drug-likeness (QED) is 0.786. The van der Waals surface area contributed by atoms with Crippen LogP contribution in [-0.2, 0) is 4.79 Å². The number of fused-ring (bicyclic) bond motifs is 2. The van der Waals surface area contributed by atoms with Gasteiger partial charge in [-0.05, 0) is 42.9 Å². The topological polar surface area (TPSA) is 41.1 Å². The van der Waals surface area contributed by atoms with Crippen LogP contribution in [0.4, 0.5) is 0 Å². The Kier molecular flexibility index (Phi) is 3.23. The zero-order valence-electron chi connectivity index (χ0n) is 11.6. The number of nitrogens with one attached hydrogen (secondary N) is 2. The average Bonchev–Trinajstić information content (AvgIpc) is 2.69. The summed E-state index contributed by atoms with van der Waals surface area (Å²) in [5, 5.41) is 6.37. The molecule has 2 aliphatic rings. The number of likely N-dealkylation sites (N-methyl/N-ethyl adjacent to an activating group) is 1. The van der Waals surface area contributed by atoms with Gasteiger partial charge in [-0.15, -0.1) is 0 Å². The van der Waals surface area contributed by atoms with E-state index in [0.717, 1.165) is 5.92 Å². The Morgan fingerprint density at radius 2 is 2.06 bits per heavy atom. The highest BCUT2D eigenvalue weighted by atomic mass is 16.1. The van der Waals surface area contributed by atoms with Gasteiger partial charge < -0.3 is 10.6 Å². The normalized spacial score (nSPS) is 38.4. The molecule has 0 aromatic rings. The minimum absolute atomic E-state index is 0.120. The number of hydrogen-bond acceptors (Lipinski definition) is 2. The zero-order valence-corrected chi connectivity index (χ0v) is 11.6. The smallest absolute Gasteiger partial charge is 0.233 e. The van der Waals surface area contributed by atoms with E-state index in [2.05, 4.69) is 31.4 Å². The van der Waals surface area contributed by atoms with Crippen LogP contribution in [0.2, 0.25) is 0 Å². The number of carbonyl (C=O) groups is 1. The van der Waals surface area contributed by atoms with Gasteiger partial charge in [-0.3, -0.25) is 4.79 Å². The minimum Gasteiger partial charge on any atom is -0.355 e. The number of rotatable bonds is 4. The summed E-state index contributed by atoms with van der Waals surface area (Å²) in [6.07, 6.45) is 4.00. The molecular weight excluding hydrogens is 212 g/mol. The standard InChI is InChI=1S/C14H26N2O/c1-5-15-11(17)9-16-12-13(2,3)10-6-7-14(12,4)8-10/h10,12,16H,5-9H2,1-4H3,(H,15,17). The lowest BCUT2D eigenvalue weighted by Crippen LogP contribution is -2.52. The van der Waals surface area contributed by atoms with Gasteiger partial charge in [0.25, 0.3) is 0 Å². The Balaban J connectivity index is 1.98. The molecule has 3 unspecified atom stereocenters. The second-order valence-electron chi connectivity index (χ2n) is 6.68. The first-order valence-electron chi connectivity index (χ1n) is 6.90. The van der Waals surface area contributed by atoms with Gasteiger partial charge in [0.2, 0.25) is 5.91 Å². The molecular formula is C14H26N2O. The van der Waals surface area contributed by atoms with E-state index in [1.54, 1.807) is 0 Å². The predicted octanol–water partition coefficient (Wildman–Crippen LogP) is 1.93. The summed E-state index contributed by atoms with van der Waals surface area (Å²) in [6, 6.07) is 0.483. The molecule has 17 heavy (non-hydrogen) atoms. The molecule has 3 nitrogen and oxygen atoms in total. The molecule has 0 radical (unpaired) electrons. The monoisotopic (exact) mass is 238 g/mol. The van der Waals surface area contributed by atoms with E-state index in [4.69, 9.17) is 0 Å². The van der Waals surface area contributed by atoms with Crippen LogP contribution in [0.3, 0.4) is 0 Å². The van der Waals surface area contributed by atoms with Gasteiger partial charge >= 0.3 is 0 Å².